The number of carbonyl (C=O) groups is 2. The molecular weight excluding hydrogens is 440 g/mol. The molecule has 0 radical (unpaired) electrons. The Morgan fingerprint density at radius 3 is 2.86 bits per heavy atom. The molecule has 0 bridgehead atoms. The van der Waals surface area contributed by atoms with Crippen molar-refractivity contribution in [3.8, 4) is 11.6 Å². The monoisotopic (exact) mass is 456 g/mol. The Balaban J connectivity index is 1.60. The Labute approximate surface area is 174 Å². The van der Waals surface area contributed by atoms with Crippen LogP contribution in [-0.4, -0.2) is 35.6 Å². The van der Waals surface area contributed by atoms with Crippen molar-refractivity contribution < 1.29 is 19.4 Å². The van der Waals surface area contributed by atoms with E-state index in [9.17, 15) is 14.7 Å². The number of aromatic nitrogens is 1. The lowest BCUT2D eigenvalue weighted by atomic mass is 10.2. The predicted molar refractivity (Wildman–Crippen MR) is 112 cm³/mol. The van der Waals surface area contributed by atoms with Crippen molar-refractivity contribution >= 4 is 50.4 Å². The summed E-state index contributed by atoms with van der Waals surface area (Å²) >= 11 is 3.34. The number of carbonyl (C=O) groups excluding carboxylic acids is 2. The SMILES string of the molecule is COc1ccccc1C=CC(=O)NCC(=O)N=Nc1c(O)[nH]c2ccc(Br)cc12. The maximum absolute atomic E-state index is 11.9. The van der Waals surface area contributed by atoms with Crippen molar-refractivity contribution in [2.45, 2.75) is 0 Å². The molecule has 9 heteroatoms. The molecule has 148 valence electrons. The minimum absolute atomic E-state index is 0.150. The van der Waals surface area contributed by atoms with E-state index in [1.54, 1.807) is 43.5 Å². The number of aromatic hydroxyl groups is 1. The van der Waals surface area contributed by atoms with E-state index < -0.39 is 11.8 Å². The van der Waals surface area contributed by atoms with Crippen LogP contribution in [0.3, 0.4) is 0 Å². The fourth-order valence-corrected chi connectivity index (χ4v) is 2.93. The third-order valence-electron chi connectivity index (χ3n) is 3.94. The van der Waals surface area contributed by atoms with E-state index in [1.165, 1.54) is 6.08 Å². The minimum atomic E-state index is -0.659. The van der Waals surface area contributed by atoms with Crippen molar-refractivity contribution in [1.29, 1.82) is 0 Å². The molecule has 1 heterocycles. The number of hydrogen-bond acceptors (Lipinski definition) is 5. The van der Waals surface area contributed by atoms with Crippen LogP contribution in [0.25, 0.3) is 17.0 Å². The number of nitrogens with zero attached hydrogens (tertiary/aromatic N) is 2. The summed E-state index contributed by atoms with van der Waals surface area (Å²) in [6, 6.07) is 12.5. The highest BCUT2D eigenvalue weighted by Gasteiger charge is 2.11. The topological polar surface area (TPSA) is 116 Å². The number of rotatable bonds is 6. The standard InChI is InChI=1S/C20H17BrN4O4/c1-29-16-5-3-2-4-12(16)6-9-17(26)22-11-18(27)24-25-19-14-10-13(21)7-8-15(14)23-20(19)28/h2-10,23,28H,11H2,1H3,(H,22,26). The predicted octanol–water partition coefficient (Wildman–Crippen LogP) is 4.08. The molecule has 1 aromatic heterocycles. The zero-order chi connectivity index (χ0) is 20.8. The number of para-hydroxylation sites is 1. The third kappa shape index (κ3) is 5.08. The average molecular weight is 457 g/mol. The van der Waals surface area contributed by atoms with Crippen LogP contribution in [0, 0.1) is 0 Å². The van der Waals surface area contributed by atoms with Crippen LogP contribution in [-0.2, 0) is 9.59 Å². The van der Waals surface area contributed by atoms with Gasteiger partial charge < -0.3 is 20.1 Å². The molecule has 0 saturated carbocycles. The number of hydrogen-bond donors (Lipinski definition) is 3. The molecule has 0 unspecified atom stereocenters. The van der Waals surface area contributed by atoms with Gasteiger partial charge in [0.15, 0.2) is 5.69 Å². The molecule has 3 rings (SSSR count). The summed E-state index contributed by atoms with van der Waals surface area (Å²) in [6.07, 6.45) is 2.88. The van der Waals surface area contributed by atoms with Gasteiger partial charge >= 0.3 is 0 Å². The number of ether oxygens (including phenoxy) is 1. The van der Waals surface area contributed by atoms with Crippen molar-refractivity contribution in [3.05, 3.63) is 58.6 Å². The largest absolute Gasteiger partial charge is 0.496 e. The summed E-state index contributed by atoms with van der Waals surface area (Å²) < 4.78 is 5.99. The molecule has 0 fully saturated rings. The Morgan fingerprint density at radius 1 is 1.28 bits per heavy atom. The molecule has 0 aliphatic carbocycles. The number of halogens is 1. The Bertz CT molecular complexity index is 1120. The molecule has 0 aliphatic rings. The summed E-state index contributed by atoms with van der Waals surface area (Å²) in [4.78, 5) is 26.6. The molecule has 0 spiro atoms. The van der Waals surface area contributed by atoms with E-state index in [4.69, 9.17) is 4.74 Å². The number of benzene rings is 2. The smallest absolute Gasteiger partial charge is 0.283 e. The lowest BCUT2D eigenvalue weighted by Crippen LogP contribution is -2.26. The van der Waals surface area contributed by atoms with Crippen LogP contribution in [0.5, 0.6) is 11.6 Å². The van der Waals surface area contributed by atoms with E-state index in [0.29, 0.717) is 16.7 Å². The number of H-pyrrole nitrogens is 1. The first-order chi connectivity index (χ1) is 14.0. The first kappa shape index (κ1) is 20.3. The molecule has 0 atom stereocenters. The summed E-state index contributed by atoms with van der Waals surface area (Å²) in [7, 11) is 1.54. The van der Waals surface area contributed by atoms with Gasteiger partial charge in [0.05, 0.1) is 12.6 Å². The van der Waals surface area contributed by atoms with E-state index in [-0.39, 0.29) is 18.1 Å². The van der Waals surface area contributed by atoms with Gasteiger partial charge in [-0.3, -0.25) is 9.59 Å². The highest BCUT2D eigenvalue weighted by atomic mass is 79.9. The quantitative estimate of drug-likeness (QED) is 0.382. The van der Waals surface area contributed by atoms with Crippen LogP contribution in [0.4, 0.5) is 5.69 Å². The number of fused-ring (bicyclic) bond motifs is 1. The summed E-state index contributed by atoms with van der Waals surface area (Å²) in [5.74, 6) is -0.684. The molecule has 0 aliphatic heterocycles. The van der Waals surface area contributed by atoms with Gasteiger partial charge in [-0.25, -0.2) is 0 Å². The fourth-order valence-electron chi connectivity index (χ4n) is 2.57. The summed E-state index contributed by atoms with van der Waals surface area (Å²) in [5, 5.41) is 20.4. The van der Waals surface area contributed by atoms with Crippen LogP contribution in [0.15, 0.2) is 63.2 Å². The van der Waals surface area contributed by atoms with E-state index in [1.807, 2.05) is 12.1 Å². The molecule has 3 N–H and O–H groups in total. The van der Waals surface area contributed by atoms with Gasteiger partial charge in [0, 0.05) is 21.5 Å². The van der Waals surface area contributed by atoms with Crippen molar-refractivity contribution in [3.63, 3.8) is 0 Å². The second-order valence-electron chi connectivity index (χ2n) is 5.90. The van der Waals surface area contributed by atoms with Crippen LogP contribution >= 0.6 is 15.9 Å². The molecule has 2 amide bonds. The van der Waals surface area contributed by atoms with Crippen molar-refractivity contribution in [2.75, 3.05) is 13.7 Å². The highest BCUT2D eigenvalue weighted by Crippen LogP contribution is 2.36. The molecule has 8 nitrogen and oxygen atoms in total. The Kier molecular flexibility index (Phi) is 6.40. The van der Waals surface area contributed by atoms with Gasteiger partial charge in [0.1, 0.15) is 12.3 Å². The third-order valence-corrected chi connectivity index (χ3v) is 4.44. The number of azo groups is 1. The molecule has 2 aromatic carbocycles. The summed E-state index contributed by atoms with van der Waals surface area (Å²) in [6.45, 7) is -0.328. The number of methoxy groups -OCH3 is 1. The van der Waals surface area contributed by atoms with Crippen LogP contribution < -0.4 is 10.1 Å². The second kappa shape index (κ2) is 9.16. The van der Waals surface area contributed by atoms with Crippen molar-refractivity contribution in [2.24, 2.45) is 10.2 Å². The Morgan fingerprint density at radius 2 is 2.07 bits per heavy atom. The highest BCUT2D eigenvalue weighted by molar-refractivity contribution is 9.10. The molecular formula is C20H17BrN4O4. The fraction of sp³-hybridized carbons (Fsp3) is 0.100. The van der Waals surface area contributed by atoms with Gasteiger partial charge in [0.25, 0.3) is 5.91 Å². The van der Waals surface area contributed by atoms with E-state index >= 15 is 0 Å². The van der Waals surface area contributed by atoms with Gasteiger partial charge in [-0.15, -0.1) is 10.2 Å². The first-order valence-electron chi connectivity index (χ1n) is 8.51. The van der Waals surface area contributed by atoms with Gasteiger partial charge in [-0.2, -0.15) is 0 Å². The maximum atomic E-state index is 11.9. The number of amides is 2. The molecule has 0 saturated heterocycles. The lowest BCUT2D eigenvalue weighted by molar-refractivity contribution is -0.122. The number of nitrogens with one attached hydrogen (secondary N) is 2. The lowest BCUT2D eigenvalue weighted by Gasteiger charge is -2.03. The zero-order valence-corrected chi connectivity index (χ0v) is 16.9. The molecule has 29 heavy (non-hydrogen) atoms. The van der Waals surface area contributed by atoms with Crippen molar-refractivity contribution in [1.82, 2.24) is 10.3 Å². The average Bonchev–Trinajstić information content (AvgIpc) is 3.03. The van der Waals surface area contributed by atoms with Gasteiger partial charge in [-0.1, -0.05) is 34.1 Å². The number of aromatic amines is 1. The minimum Gasteiger partial charge on any atom is -0.496 e. The first-order valence-corrected chi connectivity index (χ1v) is 9.31. The van der Waals surface area contributed by atoms with Crippen LogP contribution in [0.2, 0.25) is 0 Å². The van der Waals surface area contributed by atoms with Gasteiger partial charge in [0.2, 0.25) is 11.8 Å². The second-order valence-corrected chi connectivity index (χ2v) is 6.81. The van der Waals surface area contributed by atoms with E-state index in [0.717, 1.165) is 10.0 Å². The van der Waals surface area contributed by atoms with E-state index in [2.05, 4.69) is 36.5 Å². The van der Waals surface area contributed by atoms with Crippen LogP contribution in [0.1, 0.15) is 5.56 Å². The molecule has 3 aromatic rings. The normalized spacial score (nSPS) is 11.4. The zero-order valence-electron chi connectivity index (χ0n) is 15.3. The summed E-state index contributed by atoms with van der Waals surface area (Å²) in [5.41, 5.74) is 1.54. The maximum Gasteiger partial charge on any atom is 0.283 e. The Hall–Kier alpha value is -3.46. The van der Waals surface area contributed by atoms with Gasteiger partial charge in [-0.05, 0) is 30.3 Å².